The summed E-state index contributed by atoms with van der Waals surface area (Å²) in [7, 11) is 3.30. The van der Waals surface area contributed by atoms with Gasteiger partial charge in [0.2, 0.25) is 0 Å². The third kappa shape index (κ3) is 3.23. The Morgan fingerprint density at radius 2 is 1.70 bits per heavy atom. The first-order chi connectivity index (χ1) is 9.63. The predicted molar refractivity (Wildman–Crippen MR) is 82.8 cm³/mol. The smallest absolute Gasteiger partial charge is 0.161 e. The van der Waals surface area contributed by atoms with Crippen LogP contribution in [0.3, 0.4) is 0 Å². The lowest BCUT2D eigenvalue weighted by molar-refractivity contribution is 0.354. The highest BCUT2D eigenvalue weighted by molar-refractivity contribution is 5.49. The lowest BCUT2D eigenvalue weighted by atomic mass is 10.1. The zero-order chi connectivity index (χ0) is 14.5. The fourth-order valence-electron chi connectivity index (χ4n) is 2.19. The predicted octanol–water partition coefficient (Wildman–Crippen LogP) is 4.19. The molecule has 3 nitrogen and oxygen atoms in total. The number of hydrogen-bond donors (Lipinski definition) is 1. The summed E-state index contributed by atoms with van der Waals surface area (Å²) >= 11 is 0. The van der Waals surface area contributed by atoms with Crippen LogP contribution >= 0.6 is 0 Å². The molecular weight excluding hydrogens is 250 g/mol. The van der Waals surface area contributed by atoms with Crippen LogP contribution in [-0.4, -0.2) is 14.2 Å². The highest BCUT2D eigenvalue weighted by atomic mass is 16.5. The van der Waals surface area contributed by atoms with Crippen molar-refractivity contribution in [2.24, 2.45) is 0 Å². The molecule has 0 aromatic heterocycles. The van der Waals surface area contributed by atoms with Crippen LogP contribution in [0.4, 0.5) is 5.69 Å². The molecule has 0 saturated heterocycles. The molecule has 0 saturated carbocycles. The van der Waals surface area contributed by atoms with Crippen molar-refractivity contribution in [2.75, 3.05) is 19.5 Å². The Balaban J connectivity index is 2.18. The number of methoxy groups -OCH3 is 2. The van der Waals surface area contributed by atoms with Crippen LogP contribution in [0.5, 0.6) is 11.5 Å². The minimum Gasteiger partial charge on any atom is -0.493 e. The number of ether oxygens (including phenoxy) is 2. The van der Waals surface area contributed by atoms with Crippen molar-refractivity contribution < 1.29 is 9.47 Å². The van der Waals surface area contributed by atoms with E-state index in [1.165, 1.54) is 5.56 Å². The average Bonchev–Trinajstić information content (AvgIpc) is 2.46. The topological polar surface area (TPSA) is 30.5 Å². The van der Waals surface area contributed by atoms with Gasteiger partial charge >= 0.3 is 0 Å². The van der Waals surface area contributed by atoms with E-state index in [9.17, 15) is 0 Å². The van der Waals surface area contributed by atoms with Gasteiger partial charge in [0.1, 0.15) is 0 Å². The largest absolute Gasteiger partial charge is 0.493 e. The Morgan fingerprint density at radius 3 is 2.35 bits per heavy atom. The van der Waals surface area contributed by atoms with Crippen molar-refractivity contribution in [3.63, 3.8) is 0 Å². The van der Waals surface area contributed by atoms with Gasteiger partial charge in [0.25, 0.3) is 0 Å². The van der Waals surface area contributed by atoms with Crippen LogP contribution < -0.4 is 14.8 Å². The van der Waals surface area contributed by atoms with Crippen LogP contribution in [0.15, 0.2) is 42.5 Å². The van der Waals surface area contributed by atoms with E-state index in [0.29, 0.717) is 0 Å². The molecular formula is C17H21NO2. The van der Waals surface area contributed by atoms with Crippen molar-refractivity contribution in [3.05, 3.63) is 53.6 Å². The molecule has 1 atom stereocenters. The first-order valence-electron chi connectivity index (χ1n) is 6.69. The van der Waals surface area contributed by atoms with E-state index in [2.05, 4.69) is 49.5 Å². The fraction of sp³-hybridized carbons (Fsp3) is 0.294. The number of anilines is 1. The molecule has 0 heterocycles. The van der Waals surface area contributed by atoms with Crippen LogP contribution in [0, 0.1) is 6.92 Å². The second-order valence-electron chi connectivity index (χ2n) is 4.85. The standard InChI is InChI=1S/C17H21NO2/c1-12-6-5-7-15(10-12)18-13(2)14-8-9-16(19-3)17(11-14)20-4/h5-11,13,18H,1-4H3. The van der Waals surface area contributed by atoms with Gasteiger partial charge in [-0.2, -0.15) is 0 Å². The molecule has 20 heavy (non-hydrogen) atoms. The van der Waals surface area contributed by atoms with Gasteiger partial charge in [-0.3, -0.25) is 0 Å². The molecule has 0 bridgehead atoms. The zero-order valence-electron chi connectivity index (χ0n) is 12.4. The minimum absolute atomic E-state index is 0.191. The molecule has 2 aromatic rings. The second-order valence-corrected chi connectivity index (χ2v) is 4.85. The highest BCUT2D eigenvalue weighted by Crippen LogP contribution is 2.31. The van der Waals surface area contributed by atoms with Crippen molar-refractivity contribution in [3.8, 4) is 11.5 Å². The maximum Gasteiger partial charge on any atom is 0.161 e. The summed E-state index contributed by atoms with van der Waals surface area (Å²) in [6.45, 7) is 4.22. The monoisotopic (exact) mass is 271 g/mol. The number of rotatable bonds is 5. The van der Waals surface area contributed by atoms with E-state index in [1.54, 1.807) is 14.2 Å². The molecule has 0 aliphatic heterocycles. The summed E-state index contributed by atoms with van der Waals surface area (Å²) in [5.74, 6) is 1.50. The van der Waals surface area contributed by atoms with E-state index in [0.717, 1.165) is 22.7 Å². The Morgan fingerprint density at radius 1 is 0.950 bits per heavy atom. The molecule has 2 aromatic carbocycles. The summed E-state index contributed by atoms with van der Waals surface area (Å²) in [6, 6.07) is 14.5. The van der Waals surface area contributed by atoms with E-state index < -0.39 is 0 Å². The Bertz CT molecular complexity index is 581. The molecule has 2 rings (SSSR count). The molecule has 0 fully saturated rings. The second kappa shape index (κ2) is 6.33. The average molecular weight is 271 g/mol. The number of benzene rings is 2. The molecule has 0 radical (unpaired) electrons. The Labute approximate surface area is 120 Å². The molecule has 0 aliphatic carbocycles. The number of nitrogens with one attached hydrogen (secondary N) is 1. The summed E-state index contributed by atoms with van der Waals surface area (Å²) in [6.07, 6.45) is 0. The van der Waals surface area contributed by atoms with E-state index in [1.807, 2.05) is 12.1 Å². The Kier molecular flexibility index (Phi) is 4.51. The van der Waals surface area contributed by atoms with Gasteiger partial charge in [-0.25, -0.2) is 0 Å². The van der Waals surface area contributed by atoms with Crippen molar-refractivity contribution >= 4 is 5.69 Å². The fourth-order valence-corrected chi connectivity index (χ4v) is 2.19. The van der Waals surface area contributed by atoms with Crippen LogP contribution in [0.1, 0.15) is 24.1 Å². The lowest BCUT2D eigenvalue weighted by Gasteiger charge is -2.18. The minimum atomic E-state index is 0.191. The van der Waals surface area contributed by atoms with Gasteiger partial charge in [-0.05, 0) is 49.2 Å². The molecule has 0 aliphatic rings. The maximum absolute atomic E-state index is 5.34. The van der Waals surface area contributed by atoms with Crippen LogP contribution in [-0.2, 0) is 0 Å². The van der Waals surface area contributed by atoms with Gasteiger partial charge in [0.05, 0.1) is 14.2 Å². The van der Waals surface area contributed by atoms with Crippen molar-refractivity contribution in [1.82, 2.24) is 0 Å². The molecule has 106 valence electrons. The number of hydrogen-bond acceptors (Lipinski definition) is 3. The summed E-state index contributed by atoms with van der Waals surface area (Å²) in [5.41, 5.74) is 3.52. The first-order valence-corrected chi connectivity index (χ1v) is 6.69. The summed E-state index contributed by atoms with van der Waals surface area (Å²) in [4.78, 5) is 0. The van der Waals surface area contributed by atoms with Gasteiger partial charge in [0.15, 0.2) is 11.5 Å². The first kappa shape index (κ1) is 14.3. The van der Waals surface area contributed by atoms with Crippen molar-refractivity contribution in [2.45, 2.75) is 19.9 Å². The quantitative estimate of drug-likeness (QED) is 0.884. The normalized spacial score (nSPS) is 11.8. The lowest BCUT2D eigenvalue weighted by Crippen LogP contribution is -2.07. The molecule has 1 N–H and O–H groups in total. The molecule has 1 unspecified atom stereocenters. The van der Waals surface area contributed by atoms with E-state index in [-0.39, 0.29) is 6.04 Å². The number of aryl methyl sites for hydroxylation is 1. The summed E-state index contributed by atoms with van der Waals surface area (Å²) in [5, 5.41) is 3.49. The Hall–Kier alpha value is -2.16. The van der Waals surface area contributed by atoms with Crippen LogP contribution in [0.25, 0.3) is 0 Å². The van der Waals surface area contributed by atoms with Gasteiger partial charge in [-0.1, -0.05) is 18.2 Å². The zero-order valence-corrected chi connectivity index (χ0v) is 12.4. The molecule has 0 amide bonds. The third-order valence-electron chi connectivity index (χ3n) is 3.31. The van der Waals surface area contributed by atoms with Crippen molar-refractivity contribution in [1.29, 1.82) is 0 Å². The third-order valence-corrected chi connectivity index (χ3v) is 3.31. The van der Waals surface area contributed by atoms with Crippen LogP contribution in [0.2, 0.25) is 0 Å². The van der Waals surface area contributed by atoms with Gasteiger partial charge in [-0.15, -0.1) is 0 Å². The maximum atomic E-state index is 5.34. The van der Waals surface area contributed by atoms with E-state index >= 15 is 0 Å². The molecule has 0 spiro atoms. The van der Waals surface area contributed by atoms with Gasteiger partial charge < -0.3 is 14.8 Å². The summed E-state index contributed by atoms with van der Waals surface area (Å²) < 4.78 is 10.6. The molecule has 3 heteroatoms. The highest BCUT2D eigenvalue weighted by Gasteiger charge is 2.10. The van der Waals surface area contributed by atoms with E-state index in [4.69, 9.17) is 9.47 Å². The SMILES string of the molecule is COc1ccc(C(C)Nc2cccc(C)c2)cc1OC. The van der Waals surface area contributed by atoms with Gasteiger partial charge in [0, 0.05) is 11.7 Å².